The van der Waals surface area contributed by atoms with Gasteiger partial charge in [-0.25, -0.2) is 9.18 Å². The number of anilines is 1. The second kappa shape index (κ2) is 7.80. The molecule has 3 aromatic rings. The van der Waals surface area contributed by atoms with Gasteiger partial charge in [0.1, 0.15) is 11.9 Å². The van der Waals surface area contributed by atoms with Crippen molar-refractivity contribution in [3.63, 3.8) is 0 Å². The van der Waals surface area contributed by atoms with Gasteiger partial charge in [0.25, 0.3) is 0 Å². The second-order valence-electron chi connectivity index (χ2n) is 6.94. The third-order valence-corrected chi connectivity index (χ3v) is 4.92. The number of carbonyl (C=O) groups is 1. The molecule has 1 aliphatic rings. The van der Waals surface area contributed by atoms with E-state index in [0.29, 0.717) is 18.3 Å². The standard InChI is InChI=1S/C21H21FN4O2/c1-14-9-11-15(12-10-14)19-24-20(28-25-19)18-8-4-5-13-26(18)21(27)23-17-7-3-2-6-16(17)22/h2-3,6-7,9-12,18H,4-5,8,13H2,1H3,(H,23,27)/t18-/m1/s1. The van der Waals surface area contributed by atoms with E-state index < -0.39 is 5.82 Å². The minimum Gasteiger partial charge on any atom is -0.337 e. The SMILES string of the molecule is Cc1ccc(-c2noc([C@H]3CCCCN3C(=O)Nc3ccccc3F)n2)cc1. The van der Waals surface area contributed by atoms with Crippen LogP contribution in [0.5, 0.6) is 0 Å². The molecule has 0 bridgehead atoms. The molecule has 0 spiro atoms. The van der Waals surface area contributed by atoms with Crippen LogP contribution in [0.25, 0.3) is 11.4 Å². The smallest absolute Gasteiger partial charge is 0.322 e. The van der Waals surface area contributed by atoms with Gasteiger partial charge in [0.15, 0.2) is 0 Å². The highest BCUT2D eigenvalue weighted by atomic mass is 19.1. The fourth-order valence-corrected chi connectivity index (χ4v) is 3.37. The van der Waals surface area contributed by atoms with Crippen LogP contribution in [0.15, 0.2) is 53.1 Å². The first kappa shape index (κ1) is 18.2. The third kappa shape index (κ3) is 3.74. The maximum Gasteiger partial charge on any atom is 0.322 e. The Bertz CT molecular complexity index is 971. The summed E-state index contributed by atoms with van der Waals surface area (Å²) in [6.07, 6.45) is 2.55. The van der Waals surface area contributed by atoms with Gasteiger partial charge in [0.05, 0.1) is 5.69 Å². The largest absolute Gasteiger partial charge is 0.337 e. The number of aryl methyl sites for hydroxylation is 1. The van der Waals surface area contributed by atoms with E-state index in [1.165, 1.54) is 12.1 Å². The van der Waals surface area contributed by atoms with Gasteiger partial charge in [-0.3, -0.25) is 0 Å². The molecule has 6 nitrogen and oxygen atoms in total. The monoisotopic (exact) mass is 380 g/mol. The van der Waals surface area contributed by atoms with Gasteiger partial charge in [-0.15, -0.1) is 0 Å². The summed E-state index contributed by atoms with van der Waals surface area (Å²) in [6, 6.07) is 13.3. The molecule has 7 heteroatoms. The van der Waals surface area contributed by atoms with E-state index in [2.05, 4.69) is 15.5 Å². The molecule has 1 fully saturated rings. The second-order valence-corrected chi connectivity index (χ2v) is 6.94. The Morgan fingerprint density at radius 2 is 1.96 bits per heavy atom. The summed E-state index contributed by atoms with van der Waals surface area (Å²) >= 11 is 0. The van der Waals surface area contributed by atoms with Crippen molar-refractivity contribution >= 4 is 11.7 Å². The summed E-state index contributed by atoms with van der Waals surface area (Å²) in [6.45, 7) is 2.56. The van der Waals surface area contributed by atoms with Crippen LogP contribution in [0.1, 0.15) is 36.8 Å². The minimum absolute atomic E-state index is 0.155. The average molecular weight is 380 g/mol. The normalized spacial score (nSPS) is 16.8. The van der Waals surface area contributed by atoms with Crippen LogP contribution in [-0.2, 0) is 0 Å². The zero-order valence-electron chi connectivity index (χ0n) is 15.6. The van der Waals surface area contributed by atoms with E-state index in [1.54, 1.807) is 17.0 Å². The van der Waals surface area contributed by atoms with Crippen LogP contribution in [0.4, 0.5) is 14.9 Å². The Morgan fingerprint density at radius 3 is 2.75 bits per heavy atom. The molecule has 0 unspecified atom stereocenters. The molecule has 144 valence electrons. The molecule has 0 aliphatic carbocycles. The number of para-hydroxylation sites is 1. The van der Waals surface area contributed by atoms with Gasteiger partial charge in [-0.1, -0.05) is 47.1 Å². The molecule has 0 radical (unpaired) electrons. The highest BCUT2D eigenvalue weighted by Crippen LogP contribution is 2.32. The zero-order chi connectivity index (χ0) is 19.5. The molecule has 1 saturated heterocycles. The molecule has 4 rings (SSSR count). The van der Waals surface area contributed by atoms with Crippen molar-refractivity contribution in [2.45, 2.75) is 32.2 Å². The molecule has 2 aromatic carbocycles. The molecular formula is C21H21FN4O2. The Hall–Kier alpha value is -3.22. The number of halogens is 1. The minimum atomic E-state index is -0.469. The predicted octanol–water partition coefficient (Wildman–Crippen LogP) is 4.94. The summed E-state index contributed by atoms with van der Waals surface area (Å²) in [5, 5.41) is 6.73. The molecule has 1 atom stereocenters. The summed E-state index contributed by atoms with van der Waals surface area (Å²) in [5.74, 6) is 0.429. The number of aromatic nitrogens is 2. The first-order valence-corrected chi connectivity index (χ1v) is 9.34. The molecule has 1 aliphatic heterocycles. The number of hydrogen-bond acceptors (Lipinski definition) is 4. The predicted molar refractivity (Wildman–Crippen MR) is 103 cm³/mol. The Balaban J connectivity index is 1.55. The van der Waals surface area contributed by atoms with Crippen LogP contribution in [-0.4, -0.2) is 27.6 Å². The zero-order valence-corrected chi connectivity index (χ0v) is 15.6. The van der Waals surface area contributed by atoms with E-state index in [1.807, 2.05) is 31.2 Å². The van der Waals surface area contributed by atoms with Crippen molar-refractivity contribution in [3.05, 3.63) is 65.8 Å². The topological polar surface area (TPSA) is 71.3 Å². The number of likely N-dealkylation sites (tertiary alicyclic amines) is 1. The van der Waals surface area contributed by atoms with Crippen molar-refractivity contribution in [1.29, 1.82) is 0 Å². The highest BCUT2D eigenvalue weighted by molar-refractivity contribution is 5.89. The lowest BCUT2D eigenvalue weighted by Crippen LogP contribution is -2.41. The van der Waals surface area contributed by atoms with E-state index in [-0.39, 0.29) is 17.8 Å². The van der Waals surface area contributed by atoms with Crippen LogP contribution < -0.4 is 5.32 Å². The van der Waals surface area contributed by atoms with Gasteiger partial charge in [-0.2, -0.15) is 4.98 Å². The van der Waals surface area contributed by atoms with Crippen LogP contribution in [0, 0.1) is 12.7 Å². The van der Waals surface area contributed by atoms with Gasteiger partial charge in [-0.05, 0) is 38.3 Å². The van der Waals surface area contributed by atoms with Crippen LogP contribution in [0.3, 0.4) is 0 Å². The van der Waals surface area contributed by atoms with E-state index in [0.717, 1.165) is 30.4 Å². The lowest BCUT2D eigenvalue weighted by molar-refractivity contribution is 0.142. The van der Waals surface area contributed by atoms with Gasteiger partial charge in [0.2, 0.25) is 11.7 Å². The number of benzene rings is 2. The number of hydrogen-bond donors (Lipinski definition) is 1. The lowest BCUT2D eigenvalue weighted by Gasteiger charge is -2.33. The highest BCUT2D eigenvalue weighted by Gasteiger charge is 2.32. The Labute approximate surface area is 162 Å². The number of urea groups is 1. The number of carbonyl (C=O) groups excluding carboxylic acids is 1. The Morgan fingerprint density at radius 1 is 1.18 bits per heavy atom. The van der Waals surface area contributed by atoms with Crippen molar-refractivity contribution in [2.24, 2.45) is 0 Å². The summed E-state index contributed by atoms with van der Waals surface area (Å²) in [4.78, 5) is 18.9. The Kier molecular flexibility index (Phi) is 5.06. The number of amides is 2. The average Bonchev–Trinajstić information content (AvgIpc) is 3.20. The number of piperidine rings is 1. The first-order chi connectivity index (χ1) is 13.6. The van der Waals surface area contributed by atoms with Crippen molar-refractivity contribution in [1.82, 2.24) is 15.0 Å². The number of rotatable bonds is 3. The van der Waals surface area contributed by atoms with Crippen LogP contribution in [0.2, 0.25) is 0 Å². The molecular weight excluding hydrogens is 359 g/mol. The van der Waals surface area contributed by atoms with E-state index >= 15 is 0 Å². The fraction of sp³-hybridized carbons (Fsp3) is 0.286. The summed E-state index contributed by atoms with van der Waals surface area (Å²) < 4.78 is 19.4. The first-order valence-electron chi connectivity index (χ1n) is 9.34. The molecule has 1 aromatic heterocycles. The van der Waals surface area contributed by atoms with E-state index in [9.17, 15) is 9.18 Å². The maximum absolute atomic E-state index is 13.9. The maximum atomic E-state index is 13.9. The van der Waals surface area contributed by atoms with Gasteiger partial charge >= 0.3 is 6.03 Å². The lowest BCUT2D eigenvalue weighted by atomic mass is 10.0. The molecule has 1 N–H and O–H groups in total. The van der Waals surface area contributed by atoms with Crippen molar-refractivity contribution in [3.8, 4) is 11.4 Å². The molecule has 2 amide bonds. The molecule has 0 saturated carbocycles. The molecule has 2 heterocycles. The third-order valence-electron chi connectivity index (χ3n) is 4.92. The van der Waals surface area contributed by atoms with Crippen molar-refractivity contribution in [2.75, 3.05) is 11.9 Å². The fourth-order valence-electron chi connectivity index (χ4n) is 3.37. The summed E-state index contributed by atoms with van der Waals surface area (Å²) in [5.41, 5.74) is 2.16. The quantitative estimate of drug-likeness (QED) is 0.698. The number of nitrogens with one attached hydrogen (secondary N) is 1. The van der Waals surface area contributed by atoms with Crippen LogP contribution >= 0.6 is 0 Å². The van der Waals surface area contributed by atoms with Gasteiger partial charge in [0, 0.05) is 12.1 Å². The van der Waals surface area contributed by atoms with Crippen molar-refractivity contribution < 1.29 is 13.7 Å². The molecule has 28 heavy (non-hydrogen) atoms. The number of nitrogens with zero attached hydrogens (tertiary/aromatic N) is 3. The summed E-state index contributed by atoms with van der Waals surface area (Å²) in [7, 11) is 0. The van der Waals surface area contributed by atoms with E-state index in [4.69, 9.17) is 4.52 Å². The van der Waals surface area contributed by atoms with Gasteiger partial charge < -0.3 is 14.7 Å².